The fourth-order valence-corrected chi connectivity index (χ4v) is 6.00. The zero-order chi connectivity index (χ0) is 22.8. The maximum absolute atomic E-state index is 5.55. The molecule has 1 atom stereocenters. The number of aryl methyl sites for hydroxylation is 1. The first-order valence-corrected chi connectivity index (χ1v) is 14.7. The summed E-state index contributed by atoms with van der Waals surface area (Å²) in [5.41, 5.74) is 0. The van der Waals surface area contributed by atoms with Crippen molar-refractivity contribution in [2.24, 2.45) is 0 Å². The molecular weight excluding hydrogens is 404 g/mol. The van der Waals surface area contributed by atoms with E-state index in [1.165, 1.54) is 89.9 Å². The summed E-state index contributed by atoms with van der Waals surface area (Å²) >= 11 is 0. The van der Waals surface area contributed by atoms with E-state index in [-0.39, 0.29) is 0 Å². The van der Waals surface area contributed by atoms with Crippen molar-refractivity contribution in [2.45, 2.75) is 122 Å². The van der Waals surface area contributed by atoms with Crippen LogP contribution in [0.5, 0.6) is 0 Å². The second-order valence-corrected chi connectivity index (χ2v) is 12.0. The molecule has 1 rings (SSSR count). The van der Waals surface area contributed by atoms with Gasteiger partial charge >= 0.3 is 8.80 Å². The number of unbranched alkanes of at least 4 members (excludes halogenated alkanes) is 12. The van der Waals surface area contributed by atoms with E-state index in [1.807, 2.05) is 6.20 Å². The second-order valence-electron chi connectivity index (χ2n) is 8.93. The molecule has 0 aromatic carbocycles. The van der Waals surface area contributed by atoms with Crippen molar-refractivity contribution in [2.75, 3.05) is 21.3 Å². The summed E-state index contributed by atoms with van der Waals surface area (Å²) in [5.74, 6) is 1.10. The van der Waals surface area contributed by atoms with Gasteiger partial charge in [-0.15, -0.1) is 0 Å². The van der Waals surface area contributed by atoms with Crippen LogP contribution in [0.15, 0.2) is 12.4 Å². The molecule has 0 radical (unpaired) electrons. The third kappa shape index (κ3) is 11.7. The number of hydrogen-bond donors (Lipinski definition) is 0. The standard InChI is InChI=1S/C25H50N2O3Si/c1-6-7-8-9-10-11-12-13-14-15-16-17-18-19-24(2)27-22-21-26-25(27)20-23-31(28-3,29-4)30-5/h21-22,24H,6-20,23H2,1-5H3. The van der Waals surface area contributed by atoms with E-state index in [0.29, 0.717) is 6.04 Å². The van der Waals surface area contributed by atoms with Crippen LogP contribution in [0.3, 0.4) is 0 Å². The topological polar surface area (TPSA) is 45.5 Å². The minimum absolute atomic E-state index is 0.480. The zero-order valence-electron chi connectivity index (χ0n) is 21.2. The fourth-order valence-electron chi connectivity index (χ4n) is 4.36. The summed E-state index contributed by atoms with van der Waals surface area (Å²) < 4.78 is 19.0. The Morgan fingerprint density at radius 3 is 1.77 bits per heavy atom. The maximum atomic E-state index is 5.55. The lowest BCUT2D eigenvalue weighted by molar-refractivity contribution is 0.123. The molecule has 5 nitrogen and oxygen atoms in total. The van der Waals surface area contributed by atoms with Gasteiger partial charge in [0, 0.05) is 52.2 Å². The number of nitrogens with zero attached hydrogens (tertiary/aromatic N) is 2. The van der Waals surface area contributed by atoms with Gasteiger partial charge in [-0.25, -0.2) is 4.98 Å². The molecule has 1 heterocycles. The van der Waals surface area contributed by atoms with E-state index in [1.54, 1.807) is 21.3 Å². The van der Waals surface area contributed by atoms with Crippen LogP contribution in [-0.4, -0.2) is 39.7 Å². The number of imidazole rings is 1. The van der Waals surface area contributed by atoms with Crippen LogP contribution >= 0.6 is 0 Å². The number of hydrogen-bond acceptors (Lipinski definition) is 4. The lowest BCUT2D eigenvalue weighted by Crippen LogP contribution is -2.43. The molecule has 1 aromatic heterocycles. The first-order valence-electron chi connectivity index (χ1n) is 12.8. The molecule has 31 heavy (non-hydrogen) atoms. The Hall–Kier alpha value is -0.693. The van der Waals surface area contributed by atoms with Crippen molar-refractivity contribution in [3.8, 4) is 0 Å². The van der Waals surface area contributed by atoms with Crippen LogP contribution in [0.1, 0.15) is 116 Å². The van der Waals surface area contributed by atoms with Gasteiger partial charge in [-0.05, 0) is 13.3 Å². The Bertz CT molecular complexity index is 526. The summed E-state index contributed by atoms with van der Waals surface area (Å²) in [4.78, 5) is 4.58. The van der Waals surface area contributed by atoms with Gasteiger partial charge in [-0.1, -0.05) is 90.4 Å². The van der Waals surface area contributed by atoms with Crippen molar-refractivity contribution in [1.29, 1.82) is 0 Å². The molecule has 0 spiro atoms. The third-order valence-electron chi connectivity index (χ3n) is 6.54. The Kier molecular flexibility index (Phi) is 16.3. The molecule has 0 aliphatic rings. The number of rotatable bonds is 21. The predicted molar refractivity (Wildman–Crippen MR) is 133 cm³/mol. The Labute approximate surface area is 193 Å². The highest BCUT2D eigenvalue weighted by Gasteiger charge is 2.37. The predicted octanol–water partition coefficient (Wildman–Crippen LogP) is 7.35. The average Bonchev–Trinajstić information content (AvgIpc) is 3.27. The molecule has 0 amide bonds. The van der Waals surface area contributed by atoms with Crippen molar-refractivity contribution >= 4 is 8.80 Å². The molecular formula is C25H50N2O3Si. The van der Waals surface area contributed by atoms with Crippen LogP contribution in [0.25, 0.3) is 0 Å². The van der Waals surface area contributed by atoms with Crippen molar-refractivity contribution in [3.63, 3.8) is 0 Å². The SMILES string of the molecule is CCCCCCCCCCCCCCCC(C)n1ccnc1CC[Si](OC)(OC)OC. The Morgan fingerprint density at radius 1 is 0.806 bits per heavy atom. The van der Waals surface area contributed by atoms with E-state index in [9.17, 15) is 0 Å². The van der Waals surface area contributed by atoms with Crippen LogP contribution in [0.2, 0.25) is 6.04 Å². The molecule has 0 aliphatic carbocycles. The Morgan fingerprint density at radius 2 is 1.29 bits per heavy atom. The van der Waals surface area contributed by atoms with Crippen LogP contribution in [-0.2, 0) is 19.7 Å². The monoisotopic (exact) mass is 454 g/mol. The summed E-state index contributed by atoms with van der Waals surface area (Å²) in [6.07, 6.45) is 24.3. The van der Waals surface area contributed by atoms with Crippen molar-refractivity contribution < 1.29 is 13.3 Å². The fraction of sp³-hybridized carbons (Fsp3) is 0.880. The minimum atomic E-state index is -2.55. The van der Waals surface area contributed by atoms with Gasteiger partial charge < -0.3 is 17.8 Å². The van der Waals surface area contributed by atoms with Gasteiger partial charge in [0.1, 0.15) is 5.82 Å². The van der Waals surface area contributed by atoms with E-state index < -0.39 is 8.80 Å². The van der Waals surface area contributed by atoms with Gasteiger partial charge in [0.05, 0.1) is 0 Å². The van der Waals surface area contributed by atoms with Crippen molar-refractivity contribution in [1.82, 2.24) is 9.55 Å². The summed E-state index contributed by atoms with van der Waals surface area (Å²) in [6, 6.07) is 1.23. The van der Waals surface area contributed by atoms with E-state index >= 15 is 0 Å². The molecule has 0 N–H and O–H groups in total. The van der Waals surface area contributed by atoms with E-state index in [0.717, 1.165) is 18.3 Å². The molecule has 0 saturated carbocycles. The van der Waals surface area contributed by atoms with Crippen LogP contribution < -0.4 is 0 Å². The smallest absolute Gasteiger partial charge is 0.377 e. The van der Waals surface area contributed by atoms with Crippen molar-refractivity contribution in [3.05, 3.63) is 18.2 Å². The van der Waals surface area contributed by atoms with Crippen LogP contribution in [0, 0.1) is 0 Å². The van der Waals surface area contributed by atoms with E-state index in [2.05, 4.69) is 29.6 Å². The lowest BCUT2D eigenvalue weighted by Gasteiger charge is -2.24. The van der Waals surface area contributed by atoms with E-state index in [4.69, 9.17) is 13.3 Å². The zero-order valence-corrected chi connectivity index (χ0v) is 22.2. The molecule has 6 heteroatoms. The second kappa shape index (κ2) is 17.8. The van der Waals surface area contributed by atoms with Crippen LogP contribution in [0.4, 0.5) is 0 Å². The minimum Gasteiger partial charge on any atom is -0.377 e. The quantitative estimate of drug-likeness (QED) is 0.144. The first kappa shape index (κ1) is 28.3. The highest BCUT2D eigenvalue weighted by atomic mass is 28.4. The molecule has 1 unspecified atom stereocenters. The lowest BCUT2D eigenvalue weighted by atomic mass is 10.0. The average molecular weight is 455 g/mol. The summed E-state index contributed by atoms with van der Waals surface area (Å²) in [5, 5.41) is 0. The molecule has 0 fully saturated rings. The third-order valence-corrected chi connectivity index (χ3v) is 9.27. The Balaban J connectivity index is 2.13. The molecule has 0 bridgehead atoms. The van der Waals surface area contributed by atoms with Gasteiger partial charge in [0.25, 0.3) is 0 Å². The number of aromatic nitrogens is 2. The normalized spacial score (nSPS) is 13.1. The molecule has 1 aromatic rings. The summed E-state index contributed by atoms with van der Waals surface area (Å²) in [6.45, 7) is 4.59. The van der Waals surface area contributed by atoms with Gasteiger partial charge in [-0.2, -0.15) is 0 Å². The highest BCUT2D eigenvalue weighted by Crippen LogP contribution is 2.21. The van der Waals surface area contributed by atoms with Gasteiger partial charge in [0.15, 0.2) is 0 Å². The van der Waals surface area contributed by atoms with Gasteiger partial charge in [0.2, 0.25) is 0 Å². The largest absolute Gasteiger partial charge is 0.500 e. The summed E-state index contributed by atoms with van der Waals surface area (Å²) in [7, 11) is 2.46. The molecule has 0 aliphatic heterocycles. The first-order chi connectivity index (χ1) is 15.1. The molecule has 182 valence electrons. The van der Waals surface area contributed by atoms with Gasteiger partial charge in [-0.3, -0.25) is 0 Å². The maximum Gasteiger partial charge on any atom is 0.500 e. The molecule has 0 saturated heterocycles. The highest BCUT2D eigenvalue weighted by molar-refractivity contribution is 6.60.